The normalized spacial score (nSPS) is 29.2. The van der Waals surface area contributed by atoms with Gasteiger partial charge < -0.3 is 4.52 Å². The maximum Gasteiger partial charge on any atom is 0.240 e. The van der Waals surface area contributed by atoms with Crippen LogP contribution in [-0.2, 0) is 13.0 Å². The van der Waals surface area contributed by atoms with E-state index in [-0.39, 0.29) is 0 Å². The summed E-state index contributed by atoms with van der Waals surface area (Å²) in [5, 5.41) is 3.99. The van der Waals surface area contributed by atoms with Gasteiger partial charge in [-0.25, -0.2) is 0 Å². The van der Waals surface area contributed by atoms with Crippen molar-refractivity contribution in [1.29, 1.82) is 0 Å². The molecule has 1 aromatic rings. The van der Waals surface area contributed by atoms with Gasteiger partial charge in [-0.1, -0.05) is 24.9 Å². The summed E-state index contributed by atoms with van der Waals surface area (Å²) in [6, 6.07) is 0.768. The summed E-state index contributed by atoms with van der Waals surface area (Å²) in [7, 11) is 0. The third-order valence-corrected chi connectivity index (χ3v) is 4.52. The van der Waals surface area contributed by atoms with Crippen molar-refractivity contribution in [3.8, 4) is 0 Å². The summed E-state index contributed by atoms with van der Waals surface area (Å²) in [5.74, 6) is 2.56. The molecule has 1 aliphatic heterocycles. The van der Waals surface area contributed by atoms with Gasteiger partial charge in [-0.05, 0) is 38.1 Å². The van der Waals surface area contributed by atoms with E-state index < -0.39 is 0 Å². The van der Waals surface area contributed by atoms with Crippen LogP contribution in [0.1, 0.15) is 57.2 Å². The van der Waals surface area contributed by atoms with Crippen molar-refractivity contribution in [3.05, 3.63) is 11.7 Å². The van der Waals surface area contributed by atoms with Crippen molar-refractivity contribution in [2.24, 2.45) is 5.92 Å². The van der Waals surface area contributed by atoms with Crippen molar-refractivity contribution < 1.29 is 4.52 Å². The summed E-state index contributed by atoms with van der Waals surface area (Å²) in [6.45, 7) is 4.12. The topological polar surface area (TPSA) is 42.2 Å². The lowest BCUT2D eigenvalue weighted by molar-refractivity contribution is 0.0466. The first-order valence-electron chi connectivity index (χ1n) is 7.42. The standard InChI is InChI=1S/C14H23N3O/c1-2-13-15-14(18-16-13)10-17-9-5-7-11-6-3-4-8-12(11)17/h11-12H,2-10H2,1H3. The van der Waals surface area contributed by atoms with Gasteiger partial charge in [0.15, 0.2) is 5.82 Å². The molecule has 0 bridgehead atoms. The lowest BCUT2D eigenvalue weighted by atomic mass is 9.78. The fourth-order valence-electron chi connectivity index (χ4n) is 3.60. The molecule has 4 nitrogen and oxygen atoms in total. The third kappa shape index (κ3) is 2.44. The third-order valence-electron chi connectivity index (χ3n) is 4.52. The zero-order valence-electron chi connectivity index (χ0n) is 11.3. The Hall–Kier alpha value is -0.900. The summed E-state index contributed by atoms with van der Waals surface area (Å²) < 4.78 is 5.34. The van der Waals surface area contributed by atoms with Crippen LogP contribution < -0.4 is 0 Å². The van der Waals surface area contributed by atoms with Crippen molar-refractivity contribution in [3.63, 3.8) is 0 Å². The second kappa shape index (κ2) is 5.39. The van der Waals surface area contributed by atoms with Crippen LogP contribution >= 0.6 is 0 Å². The Kier molecular flexibility index (Phi) is 3.64. The first kappa shape index (κ1) is 12.2. The predicted octanol–water partition coefficient (Wildman–Crippen LogP) is 2.79. The smallest absolute Gasteiger partial charge is 0.240 e. The van der Waals surface area contributed by atoms with E-state index >= 15 is 0 Å². The Bertz CT molecular complexity index is 388. The van der Waals surface area contributed by atoms with Crippen LogP contribution in [0.3, 0.4) is 0 Å². The number of hydrogen-bond donors (Lipinski definition) is 0. The molecule has 0 aromatic carbocycles. The molecule has 100 valence electrons. The van der Waals surface area contributed by atoms with Gasteiger partial charge in [0.25, 0.3) is 0 Å². The Morgan fingerprint density at radius 1 is 1.22 bits per heavy atom. The van der Waals surface area contributed by atoms with Crippen LogP contribution in [0.5, 0.6) is 0 Å². The highest BCUT2D eigenvalue weighted by atomic mass is 16.5. The Labute approximate surface area is 109 Å². The first-order valence-corrected chi connectivity index (χ1v) is 7.42. The van der Waals surface area contributed by atoms with Crippen molar-refractivity contribution in [1.82, 2.24) is 15.0 Å². The molecule has 0 amide bonds. The molecule has 3 rings (SSSR count). The van der Waals surface area contributed by atoms with Gasteiger partial charge in [0, 0.05) is 12.5 Å². The molecule has 0 N–H and O–H groups in total. The highest BCUT2D eigenvalue weighted by molar-refractivity contribution is 4.91. The van der Waals surface area contributed by atoms with Crippen molar-refractivity contribution in [2.45, 2.75) is 64.5 Å². The average Bonchev–Trinajstić information content (AvgIpc) is 2.87. The second-order valence-corrected chi connectivity index (χ2v) is 5.68. The minimum Gasteiger partial charge on any atom is -0.338 e. The quantitative estimate of drug-likeness (QED) is 0.826. The first-order chi connectivity index (χ1) is 8.86. The maximum absolute atomic E-state index is 5.34. The molecule has 1 saturated heterocycles. The zero-order chi connectivity index (χ0) is 12.4. The molecule has 2 fully saturated rings. The predicted molar refractivity (Wildman–Crippen MR) is 69.1 cm³/mol. The van der Waals surface area contributed by atoms with Crippen molar-refractivity contribution in [2.75, 3.05) is 6.54 Å². The van der Waals surface area contributed by atoms with E-state index in [4.69, 9.17) is 4.52 Å². The number of piperidine rings is 1. The van der Waals surface area contributed by atoms with Gasteiger partial charge in [0.2, 0.25) is 5.89 Å². The second-order valence-electron chi connectivity index (χ2n) is 5.68. The molecule has 18 heavy (non-hydrogen) atoms. The van der Waals surface area contributed by atoms with E-state index in [9.17, 15) is 0 Å². The van der Waals surface area contributed by atoms with Crippen LogP contribution in [0.15, 0.2) is 4.52 Å². The van der Waals surface area contributed by atoms with Crippen LogP contribution in [-0.4, -0.2) is 27.6 Å². The number of rotatable bonds is 3. The fraction of sp³-hybridized carbons (Fsp3) is 0.857. The lowest BCUT2D eigenvalue weighted by Crippen LogP contribution is -2.46. The van der Waals surface area contributed by atoms with Gasteiger partial charge in [0.1, 0.15) is 0 Å². The Morgan fingerprint density at radius 3 is 2.89 bits per heavy atom. The number of hydrogen-bond acceptors (Lipinski definition) is 4. The minimum absolute atomic E-state index is 0.768. The van der Waals surface area contributed by atoms with Crippen LogP contribution in [0.25, 0.3) is 0 Å². The van der Waals surface area contributed by atoms with E-state index in [2.05, 4.69) is 22.0 Å². The molecular formula is C14H23N3O. The van der Waals surface area contributed by atoms with E-state index in [1.54, 1.807) is 0 Å². The number of aromatic nitrogens is 2. The van der Waals surface area contributed by atoms with E-state index in [0.717, 1.165) is 36.6 Å². The number of aryl methyl sites for hydroxylation is 1. The maximum atomic E-state index is 5.34. The summed E-state index contributed by atoms with van der Waals surface area (Å²) >= 11 is 0. The lowest BCUT2D eigenvalue weighted by Gasteiger charge is -2.43. The molecule has 1 aliphatic carbocycles. The van der Waals surface area contributed by atoms with Crippen LogP contribution in [0, 0.1) is 5.92 Å². The average molecular weight is 249 g/mol. The number of nitrogens with zero attached hydrogens (tertiary/aromatic N) is 3. The fourth-order valence-corrected chi connectivity index (χ4v) is 3.60. The molecule has 0 spiro atoms. The van der Waals surface area contributed by atoms with Gasteiger partial charge >= 0.3 is 0 Å². The van der Waals surface area contributed by atoms with E-state index in [0.29, 0.717) is 0 Å². The highest BCUT2D eigenvalue weighted by Gasteiger charge is 2.33. The molecule has 2 unspecified atom stereocenters. The molecule has 2 aliphatic rings. The molecule has 1 saturated carbocycles. The number of fused-ring (bicyclic) bond motifs is 1. The monoisotopic (exact) mass is 249 g/mol. The molecule has 2 atom stereocenters. The minimum atomic E-state index is 0.768. The van der Waals surface area contributed by atoms with Crippen LogP contribution in [0.4, 0.5) is 0 Å². The Morgan fingerprint density at radius 2 is 2.06 bits per heavy atom. The van der Waals surface area contributed by atoms with Gasteiger partial charge in [-0.2, -0.15) is 4.98 Å². The van der Waals surface area contributed by atoms with E-state index in [1.165, 1.54) is 45.1 Å². The highest BCUT2D eigenvalue weighted by Crippen LogP contribution is 2.35. The molecule has 1 aromatic heterocycles. The van der Waals surface area contributed by atoms with Crippen LogP contribution in [0.2, 0.25) is 0 Å². The largest absolute Gasteiger partial charge is 0.338 e. The van der Waals surface area contributed by atoms with Gasteiger partial charge in [0.05, 0.1) is 6.54 Å². The van der Waals surface area contributed by atoms with Crippen molar-refractivity contribution >= 4 is 0 Å². The molecule has 2 heterocycles. The molecular weight excluding hydrogens is 226 g/mol. The summed E-state index contributed by atoms with van der Waals surface area (Å²) in [5.41, 5.74) is 0. The summed E-state index contributed by atoms with van der Waals surface area (Å²) in [4.78, 5) is 7.02. The zero-order valence-corrected chi connectivity index (χ0v) is 11.3. The molecule has 0 radical (unpaired) electrons. The SMILES string of the molecule is CCc1noc(CN2CCCC3CCCCC32)n1. The van der Waals surface area contributed by atoms with E-state index in [1.807, 2.05) is 0 Å². The summed E-state index contributed by atoms with van der Waals surface area (Å²) in [6.07, 6.45) is 9.21. The van der Waals surface area contributed by atoms with Gasteiger partial charge in [-0.3, -0.25) is 4.90 Å². The molecule has 4 heteroatoms. The number of likely N-dealkylation sites (tertiary alicyclic amines) is 1. The Balaban J connectivity index is 1.66. The van der Waals surface area contributed by atoms with Gasteiger partial charge in [-0.15, -0.1) is 0 Å².